The number of hydrogen-bond acceptors (Lipinski definition) is 1. The minimum Gasteiger partial charge on any atom is -0.256 e. The quantitative estimate of drug-likeness (QED) is 0.550. The summed E-state index contributed by atoms with van der Waals surface area (Å²) >= 11 is 5.90. The van der Waals surface area contributed by atoms with E-state index in [2.05, 4.69) is 41.4 Å². The maximum Gasteiger partial charge on any atom is 0.0665 e. The van der Waals surface area contributed by atoms with Gasteiger partial charge in [-0.15, -0.1) is 0 Å². The minimum atomic E-state index is 0.738. The molecule has 0 heterocycles. The van der Waals surface area contributed by atoms with Crippen molar-refractivity contribution in [3.05, 3.63) is 101 Å². The van der Waals surface area contributed by atoms with Gasteiger partial charge >= 0.3 is 0 Å². The van der Waals surface area contributed by atoms with Crippen molar-refractivity contribution in [1.82, 2.24) is 0 Å². The molecule has 1 nitrogen and oxygen atoms in total. The fourth-order valence-electron chi connectivity index (χ4n) is 2.29. The molecule has 2 heteroatoms. The molecular formula is C20H16ClN. The third-order valence-corrected chi connectivity index (χ3v) is 3.70. The Hall–Kier alpha value is -2.38. The van der Waals surface area contributed by atoms with Crippen LogP contribution in [-0.2, 0) is 6.42 Å². The first-order valence-corrected chi connectivity index (χ1v) is 7.60. The SMILES string of the molecule is Clc1ccc(C=Nc2ccccc2Cc2ccccc2)cc1. The summed E-state index contributed by atoms with van der Waals surface area (Å²) in [5, 5.41) is 0.738. The lowest BCUT2D eigenvalue weighted by Crippen LogP contribution is -1.89. The molecule has 3 aromatic carbocycles. The van der Waals surface area contributed by atoms with Crippen molar-refractivity contribution in [2.45, 2.75) is 6.42 Å². The third kappa shape index (κ3) is 3.84. The third-order valence-electron chi connectivity index (χ3n) is 3.45. The number of aliphatic imine (C=N–C) groups is 1. The average molecular weight is 306 g/mol. The zero-order valence-electron chi connectivity index (χ0n) is 12.1. The number of halogens is 1. The molecule has 0 aliphatic rings. The van der Waals surface area contributed by atoms with Crippen molar-refractivity contribution in [3.8, 4) is 0 Å². The van der Waals surface area contributed by atoms with E-state index < -0.39 is 0 Å². The molecule has 0 aromatic heterocycles. The standard InChI is InChI=1S/C20H16ClN/c21-19-12-10-17(11-13-19)15-22-20-9-5-4-8-18(20)14-16-6-2-1-3-7-16/h1-13,15H,14H2. The second-order valence-corrected chi connectivity index (χ2v) is 5.54. The highest BCUT2D eigenvalue weighted by Crippen LogP contribution is 2.22. The van der Waals surface area contributed by atoms with E-state index in [0.29, 0.717) is 0 Å². The molecule has 0 fully saturated rings. The van der Waals surface area contributed by atoms with Crippen LogP contribution < -0.4 is 0 Å². The Morgan fingerprint density at radius 3 is 2.23 bits per heavy atom. The van der Waals surface area contributed by atoms with Crippen LogP contribution in [0.2, 0.25) is 5.02 Å². The highest BCUT2D eigenvalue weighted by molar-refractivity contribution is 6.30. The number of hydrogen-bond donors (Lipinski definition) is 0. The molecule has 0 amide bonds. The fraction of sp³-hybridized carbons (Fsp3) is 0.0500. The fourth-order valence-corrected chi connectivity index (χ4v) is 2.42. The summed E-state index contributed by atoms with van der Waals surface area (Å²) in [5.41, 5.74) is 4.55. The molecule has 108 valence electrons. The predicted molar refractivity (Wildman–Crippen MR) is 94.4 cm³/mol. The number of nitrogens with zero attached hydrogens (tertiary/aromatic N) is 1. The summed E-state index contributed by atoms with van der Waals surface area (Å²) in [6.07, 6.45) is 2.76. The molecule has 3 rings (SSSR count). The molecule has 3 aromatic rings. The van der Waals surface area contributed by atoms with Crippen molar-refractivity contribution in [1.29, 1.82) is 0 Å². The van der Waals surface area contributed by atoms with E-state index in [0.717, 1.165) is 22.7 Å². The van der Waals surface area contributed by atoms with Crippen LogP contribution in [-0.4, -0.2) is 6.21 Å². The van der Waals surface area contributed by atoms with Gasteiger partial charge in [0.25, 0.3) is 0 Å². The highest BCUT2D eigenvalue weighted by Gasteiger charge is 2.01. The molecule has 22 heavy (non-hydrogen) atoms. The largest absolute Gasteiger partial charge is 0.256 e. The maximum atomic E-state index is 5.90. The van der Waals surface area contributed by atoms with Gasteiger partial charge in [-0.05, 0) is 41.3 Å². The summed E-state index contributed by atoms with van der Waals surface area (Å²) in [5.74, 6) is 0. The van der Waals surface area contributed by atoms with Gasteiger partial charge in [0.05, 0.1) is 5.69 Å². The van der Waals surface area contributed by atoms with Crippen LogP contribution in [0.3, 0.4) is 0 Å². The van der Waals surface area contributed by atoms with Crippen molar-refractivity contribution in [2.75, 3.05) is 0 Å². The smallest absolute Gasteiger partial charge is 0.0665 e. The molecule has 0 saturated carbocycles. The zero-order valence-corrected chi connectivity index (χ0v) is 12.9. The van der Waals surface area contributed by atoms with Crippen LogP contribution in [0.1, 0.15) is 16.7 Å². The number of benzene rings is 3. The molecule has 0 N–H and O–H groups in total. The summed E-state index contributed by atoms with van der Waals surface area (Å²) in [6.45, 7) is 0. The molecule has 0 bridgehead atoms. The van der Waals surface area contributed by atoms with E-state index in [-0.39, 0.29) is 0 Å². The monoisotopic (exact) mass is 305 g/mol. The van der Waals surface area contributed by atoms with Crippen LogP contribution in [0.4, 0.5) is 5.69 Å². The van der Waals surface area contributed by atoms with Gasteiger partial charge in [-0.1, -0.05) is 72.3 Å². The van der Waals surface area contributed by atoms with Gasteiger partial charge in [0.2, 0.25) is 0 Å². The van der Waals surface area contributed by atoms with Crippen LogP contribution in [0.25, 0.3) is 0 Å². The van der Waals surface area contributed by atoms with Crippen LogP contribution in [0, 0.1) is 0 Å². The van der Waals surface area contributed by atoms with E-state index in [4.69, 9.17) is 11.6 Å². The van der Waals surface area contributed by atoms with Crippen LogP contribution >= 0.6 is 11.6 Å². The first-order valence-electron chi connectivity index (χ1n) is 7.23. The number of rotatable bonds is 4. The highest BCUT2D eigenvalue weighted by atomic mass is 35.5. The van der Waals surface area contributed by atoms with Crippen molar-refractivity contribution < 1.29 is 0 Å². The summed E-state index contributed by atoms with van der Waals surface area (Å²) in [7, 11) is 0. The average Bonchev–Trinajstić information content (AvgIpc) is 2.56. The summed E-state index contributed by atoms with van der Waals surface area (Å²) < 4.78 is 0. The molecule has 0 aliphatic heterocycles. The van der Waals surface area contributed by atoms with E-state index in [1.165, 1.54) is 11.1 Å². The topological polar surface area (TPSA) is 12.4 Å². The van der Waals surface area contributed by atoms with Gasteiger partial charge in [0, 0.05) is 11.2 Å². The van der Waals surface area contributed by atoms with Gasteiger partial charge in [-0.3, -0.25) is 4.99 Å². The Balaban J connectivity index is 1.83. The Bertz CT molecular complexity index is 761. The maximum absolute atomic E-state index is 5.90. The Kier molecular flexibility index (Phi) is 4.67. The van der Waals surface area contributed by atoms with Gasteiger partial charge in [0.15, 0.2) is 0 Å². The van der Waals surface area contributed by atoms with Gasteiger partial charge in [-0.25, -0.2) is 0 Å². The molecule has 0 unspecified atom stereocenters. The normalized spacial score (nSPS) is 11.0. The number of para-hydroxylation sites is 1. The van der Waals surface area contributed by atoms with Crippen LogP contribution in [0.5, 0.6) is 0 Å². The molecule has 0 saturated heterocycles. The summed E-state index contributed by atoms with van der Waals surface area (Å²) in [6, 6.07) is 26.4. The molecular weight excluding hydrogens is 290 g/mol. The van der Waals surface area contributed by atoms with Gasteiger partial charge < -0.3 is 0 Å². The van der Waals surface area contributed by atoms with Crippen molar-refractivity contribution in [3.63, 3.8) is 0 Å². The Morgan fingerprint density at radius 1 is 0.773 bits per heavy atom. The van der Waals surface area contributed by atoms with Crippen LogP contribution in [0.15, 0.2) is 83.9 Å². The second kappa shape index (κ2) is 7.06. The Labute approximate surface area is 135 Å². The van der Waals surface area contributed by atoms with E-state index in [1.54, 1.807) is 0 Å². The first-order chi connectivity index (χ1) is 10.8. The van der Waals surface area contributed by atoms with Crippen molar-refractivity contribution in [2.24, 2.45) is 4.99 Å². The molecule has 0 aliphatic carbocycles. The lowest BCUT2D eigenvalue weighted by Gasteiger charge is -2.05. The van der Waals surface area contributed by atoms with Gasteiger partial charge in [0.1, 0.15) is 0 Å². The Morgan fingerprint density at radius 2 is 1.45 bits per heavy atom. The lowest BCUT2D eigenvalue weighted by atomic mass is 10.0. The predicted octanol–water partition coefficient (Wildman–Crippen LogP) is 5.68. The second-order valence-electron chi connectivity index (χ2n) is 5.10. The molecule has 0 radical (unpaired) electrons. The zero-order chi connectivity index (χ0) is 15.2. The summed E-state index contributed by atoms with van der Waals surface area (Å²) in [4.78, 5) is 4.63. The van der Waals surface area contributed by atoms with E-state index >= 15 is 0 Å². The lowest BCUT2D eigenvalue weighted by molar-refractivity contribution is 1.18. The minimum absolute atomic E-state index is 0.738. The molecule has 0 spiro atoms. The van der Waals surface area contributed by atoms with E-state index in [1.807, 2.05) is 48.7 Å². The van der Waals surface area contributed by atoms with Gasteiger partial charge in [-0.2, -0.15) is 0 Å². The first kappa shape index (κ1) is 14.6. The van der Waals surface area contributed by atoms with Crippen molar-refractivity contribution >= 4 is 23.5 Å². The molecule has 0 atom stereocenters. The van der Waals surface area contributed by atoms with E-state index in [9.17, 15) is 0 Å².